The van der Waals surface area contributed by atoms with Crippen LogP contribution in [0.1, 0.15) is 25.0 Å². The van der Waals surface area contributed by atoms with E-state index >= 15 is 0 Å². The molecule has 0 radical (unpaired) electrons. The monoisotopic (exact) mass is 273 g/mol. The molecule has 0 bridgehead atoms. The quantitative estimate of drug-likeness (QED) is 0.825. The zero-order valence-corrected chi connectivity index (χ0v) is 11.3. The summed E-state index contributed by atoms with van der Waals surface area (Å²) in [6.45, 7) is 2.02. The number of hydrogen-bond donors (Lipinski definition) is 2. The van der Waals surface area contributed by atoms with Gasteiger partial charge in [-0.2, -0.15) is 0 Å². The van der Waals surface area contributed by atoms with Crippen molar-refractivity contribution in [3.05, 3.63) is 17.9 Å². The topological polar surface area (TPSA) is 74.6 Å². The van der Waals surface area contributed by atoms with Crippen LogP contribution < -0.4 is 10.1 Å². The molecular weight excluding hydrogens is 254 g/mol. The van der Waals surface area contributed by atoms with Crippen molar-refractivity contribution < 1.29 is 12.8 Å². The smallest absolute Gasteiger partial charge is 0.286 e. The molecule has 1 aromatic rings. The van der Waals surface area contributed by atoms with Crippen LogP contribution in [0.3, 0.4) is 0 Å². The second-order valence-corrected chi connectivity index (χ2v) is 5.99. The van der Waals surface area contributed by atoms with Crippen molar-refractivity contribution in [3.8, 4) is 0 Å². The minimum atomic E-state index is -3.58. The molecule has 7 heteroatoms. The normalized spacial score (nSPS) is 18.1. The van der Waals surface area contributed by atoms with Gasteiger partial charge in [0, 0.05) is 13.1 Å². The lowest BCUT2D eigenvalue weighted by Gasteiger charge is -2.25. The SMILES string of the molecule is CNCc1ccc(S(=O)(=O)NN2CCCCC2)o1. The molecular formula is C11H19N3O3S. The van der Waals surface area contributed by atoms with Gasteiger partial charge < -0.3 is 9.73 Å². The van der Waals surface area contributed by atoms with E-state index in [0.29, 0.717) is 12.3 Å². The molecule has 1 aliphatic heterocycles. The van der Waals surface area contributed by atoms with Crippen molar-refractivity contribution in [1.82, 2.24) is 15.2 Å². The van der Waals surface area contributed by atoms with Gasteiger partial charge in [0.1, 0.15) is 5.76 Å². The standard InChI is InChI=1S/C11H19N3O3S/c1-12-9-10-5-6-11(17-10)18(15,16)13-14-7-3-2-4-8-14/h5-6,12-13H,2-4,7-9H2,1H3. The minimum Gasteiger partial charge on any atom is -0.447 e. The second kappa shape index (κ2) is 5.83. The van der Waals surface area contributed by atoms with Gasteiger partial charge in [-0.3, -0.25) is 0 Å². The zero-order chi connectivity index (χ0) is 13.0. The lowest BCUT2D eigenvalue weighted by molar-refractivity contribution is 0.198. The van der Waals surface area contributed by atoms with E-state index in [1.165, 1.54) is 6.07 Å². The van der Waals surface area contributed by atoms with Crippen LogP contribution in [0, 0.1) is 0 Å². The van der Waals surface area contributed by atoms with Crippen LogP contribution in [0.2, 0.25) is 0 Å². The first-order valence-electron chi connectivity index (χ1n) is 6.12. The summed E-state index contributed by atoms with van der Waals surface area (Å²) in [7, 11) is -1.80. The summed E-state index contributed by atoms with van der Waals surface area (Å²) in [6.07, 6.45) is 3.20. The summed E-state index contributed by atoms with van der Waals surface area (Å²) >= 11 is 0. The molecule has 1 aliphatic rings. The summed E-state index contributed by atoms with van der Waals surface area (Å²) in [4.78, 5) is 2.56. The number of rotatable bonds is 5. The predicted octanol–water partition coefficient (Wildman–Crippen LogP) is 0.678. The maximum absolute atomic E-state index is 12.1. The van der Waals surface area contributed by atoms with Crippen LogP contribution in [0.4, 0.5) is 0 Å². The minimum absolute atomic E-state index is 0.0293. The van der Waals surface area contributed by atoms with Crippen molar-refractivity contribution in [2.24, 2.45) is 0 Å². The van der Waals surface area contributed by atoms with Gasteiger partial charge in [-0.15, -0.1) is 4.83 Å². The van der Waals surface area contributed by atoms with E-state index in [9.17, 15) is 8.42 Å². The van der Waals surface area contributed by atoms with E-state index in [1.807, 2.05) is 0 Å². The van der Waals surface area contributed by atoms with Crippen molar-refractivity contribution in [2.75, 3.05) is 20.1 Å². The molecule has 0 atom stereocenters. The lowest BCUT2D eigenvalue weighted by atomic mass is 10.2. The van der Waals surface area contributed by atoms with E-state index in [-0.39, 0.29) is 5.09 Å². The van der Waals surface area contributed by atoms with Gasteiger partial charge >= 0.3 is 0 Å². The number of nitrogens with one attached hydrogen (secondary N) is 2. The number of piperidine rings is 1. The molecule has 0 spiro atoms. The molecule has 18 heavy (non-hydrogen) atoms. The molecule has 102 valence electrons. The molecule has 0 amide bonds. The van der Waals surface area contributed by atoms with Gasteiger partial charge in [0.2, 0.25) is 5.09 Å². The third-order valence-electron chi connectivity index (χ3n) is 2.86. The third-order valence-corrected chi connectivity index (χ3v) is 4.11. The van der Waals surface area contributed by atoms with Crippen molar-refractivity contribution in [1.29, 1.82) is 0 Å². The fourth-order valence-electron chi connectivity index (χ4n) is 1.97. The first kappa shape index (κ1) is 13.5. The molecule has 0 aromatic carbocycles. The predicted molar refractivity (Wildman–Crippen MR) is 67.2 cm³/mol. The molecule has 0 aliphatic carbocycles. The summed E-state index contributed by atoms with van der Waals surface area (Å²) < 4.78 is 29.4. The van der Waals surface area contributed by atoms with Crippen LogP contribution >= 0.6 is 0 Å². The number of nitrogens with zero attached hydrogens (tertiary/aromatic N) is 1. The van der Waals surface area contributed by atoms with Gasteiger partial charge in [-0.25, -0.2) is 13.4 Å². The maximum atomic E-state index is 12.1. The molecule has 0 saturated carbocycles. The lowest BCUT2D eigenvalue weighted by Crippen LogP contribution is -2.44. The van der Waals surface area contributed by atoms with E-state index in [0.717, 1.165) is 32.4 Å². The Morgan fingerprint density at radius 3 is 2.67 bits per heavy atom. The average Bonchev–Trinajstić information content (AvgIpc) is 2.80. The highest BCUT2D eigenvalue weighted by atomic mass is 32.2. The zero-order valence-electron chi connectivity index (χ0n) is 10.5. The fraction of sp³-hybridized carbons (Fsp3) is 0.636. The molecule has 6 nitrogen and oxygen atoms in total. The van der Waals surface area contributed by atoms with E-state index in [2.05, 4.69) is 10.1 Å². The van der Waals surface area contributed by atoms with E-state index < -0.39 is 10.0 Å². The summed E-state index contributed by atoms with van der Waals surface area (Å²) in [5.41, 5.74) is 0. The number of sulfonamides is 1. The van der Waals surface area contributed by atoms with Gasteiger partial charge in [-0.05, 0) is 32.0 Å². The van der Waals surface area contributed by atoms with E-state index in [1.54, 1.807) is 18.1 Å². The van der Waals surface area contributed by atoms with E-state index in [4.69, 9.17) is 4.42 Å². The van der Waals surface area contributed by atoms with Crippen LogP contribution in [0.5, 0.6) is 0 Å². The van der Waals surface area contributed by atoms with Crippen molar-refractivity contribution >= 4 is 10.0 Å². The first-order chi connectivity index (χ1) is 8.62. The van der Waals surface area contributed by atoms with Crippen LogP contribution in [0.15, 0.2) is 21.6 Å². The van der Waals surface area contributed by atoms with Gasteiger partial charge in [0.15, 0.2) is 0 Å². The number of hydrogen-bond acceptors (Lipinski definition) is 5. The van der Waals surface area contributed by atoms with Crippen molar-refractivity contribution in [3.63, 3.8) is 0 Å². The van der Waals surface area contributed by atoms with Gasteiger partial charge in [0.25, 0.3) is 10.0 Å². The first-order valence-corrected chi connectivity index (χ1v) is 7.61. The summed E-state index contributed by atoms with van der Waals surface area (Å²) in [5, 5.41) is 4.62. The Hall–Kier alpha value is -0.890. The summed E-state index contributed by atoms with van der Waals surface area (Å²) in [6, 6.07) is 3.15. The van der Waals surface area contributed by atoms with Crippen molar-refractivity contribution in [2.45, 2.75) is 30.9 Å². The molecule has 2 rings (SSSR count). The highest BCUT2D eigenvalue weighted by molar-refractivity contribution is 7.89. The Kier molecular flexibility index (Phi) is 4.39. The molecule has 2 heterocycles. The van der Waals surface area contributed by atoms with Gasteiger partial charge in [0.05, 0.1) is 6.54 Å². The molecule has 0 unspecified atom stereocenters. The Labute approximate surface area is 107 Å². The molecule has 1 saturated heterocycles. The van der Waals surface area contributed by atoms with Crippen LogP contribution in [0.25, 0.3) is 0 Å². The third kappa shape index (κ3) is 3.32. The second-order valence-electron chi connectivity index (χ2n) is 4.39. The number of furan rings is 1. The highest BCUT2D eigenvalue weighted by Gasteiger charge is 2.22. The molecule has 1 fully saturated rings. The number of hydrazine groups is 1. The Bertz CT molecular complexity index is 477. The average molecular weight is 273 g/mol. The largest absolute Gasteiger partial charge is 0.447 e. The van der Waals surface area contributed by atoms with Crippen LogP contribution in [-0.4, -0.2) is 33.6 Å². The van der Waals surface area contributed by atoms with Gasteiger partial charge in [-0.1, -0.05) is 6.42 Å². The molecule has 1 aromatic heterocycles. The fourth-order valence-corrected chi connectivity index (χ4v) is 3.05. The Morgan fingerprint density at radius 2 is 2.00 bits per heavy atom. The maximum Gasteiger partial charge on any atom is 0.286 e. The molecule has 2 N–H and O–H groups in total. The summed E-state index contributed by atoms with van der Waals surface area (Å²) in [5.74, 6) is 0.608. The Morgan fingerprint density at radius 1 is 1.28 bits per heavy atom. The highest BCUT2D eigenvalue weighted by Crippen LogP contribution is 2.15. The van der Waals surface area contributed by atoms with Crippen LogP contribution in [-0.2, 0) is 16.6 Å². The Balaban J connectivity index is 2.04.